The first kappa shape index (κ1) is 15.4. The van der Waals surface area contributed by atoms with Gasteiger partial charge in [0.1, 0.15) is 18.0 Å². The van der Waals surface area contributed by atoms with Crippen molar-refractivity contribution in [2.24, 2.45) is 0 Å². The van der Waals surface area contributed by atoms with Gasteiger partial charge in [-0.1, -0.05) is 0 Å². The molecule has 0 saturated heterocycles. The maximum atomic E-state index is 12.9. The molecule has 0 bridgehead atoms. The van der Waals surface area contributed by atoms with Crippen molar-refractivity contribution in [3.05, 3.63) is 60.2 Å². The number of hydrogen-bond acceptors (Lipinski definition) is 5. The lowest BCUT2D eigenvalue weighted by molar-refractivity contribution is 0.594. The SMILES string of the molecule is O=S(=O)(Nc1ccc(F)cc1)c1cncn1-c1ccnc(Cl)n1. The molecule has 0 unspecified atom stereocenters. The van der Waals surface area contributed by atoms with Crippen LogP contribution in [-0.2, 0) is 10.0 Å². The number of nitrogens with one attached hydrogen (secondary N) is 1. The van der Waals surface area contributed by atoms with Gasteiger partial charge in [0.05, 0.1) is 6.20 Å². The largest absolute Gasteiger partial charge is 0.279 e. The van der Waals surface area contributed by atoms with Crippen LogP contribution < -0.4 is 4.72 Å². The average molecular weight is 354 g/mol. The molecule has 0 aliphatic carbocycles. The Morgan fingerprint density at radius 2 is 1.91 bits per heavy atom. The normalized spacial score (nSPS) is 11.4. The fraction of sp³-hybridized carbons (Fsp3) is 0. The minimum atomic E-state index is -3.95. The van der Waals surface area contributed by atoms with Gasteiger partial charge in [-0.05, 0) is 41.9 Å². The summed E-state index contributed by atoms with van der Waals surface area (Å²) in [5.41, 5.74) is 0.222. The van der Waals surface area contributed by atoms with Gasteiger partial charge in [0.15, 0.2) is 5.03 Å². The summed E-state index contributed by atoms with van der Waals surface area (Å²) in [6, 6.07) is 6.42. The standard InChI is InChI=1S/C13H9ClFN5O2S/c14-13-17-6-5-11(18-13)20-8-16-7-12(20)23(21,22)19-10-3-1-9(15)2-4-10/h1-8,19H. The van der Waals surface area contributed by atoms with E-state index in [4.69, 9.17) is 11.6 Å². The van der Waals surface area contributed by atoms with E-state index in [0.717, 1.165) is 12.1 Å². The van der Waals surface area contributed by atoms with Crippen molar-refractivity contribution in [3.8, 4) is 5.82 Å². The Bertz CT molecular complexity index is 943. The minimum Gasteiger partial charge on any atom is -0.278 e. The van der Waals surface area contributed by atoms with Crippen LogP contribution in [0.15, 0.2) is 54.1 Å². The quantitative estimate of drug-likeness (QED) is 0.726. The summed E-state index contributed by atoms with van der Waals surface area (Å²) in [6.45, 7) is 0. The zero-order chi connectivity index (χ0) is 16.4. The molecule has 1 aromatic carbocycles. The number of hydrogen-bond donors (Lipinski definition) is 1. The van der Waals surface area contributed by atoms with E-state index < -0.39 is 15.8 Å². The Balaban J connectivity index is 1.98. The minimum absolute atomic E-state index is 0.0222. The smallest absolute Gasteiger partial charge is 0.278 e. The van der Waals surface area contributed by atoms with E-state index in [1.165, 1.54) is 41.5 Å². The zero-order valence-corrected chi connectivity index (χ0v) is 13.0. The molecule has 10 heteroatoms. The van der Waals surface area contributed by atoms with E-state index in [1.54, 1.807) is 0 Å². The summed E-state index contributed by atoms with van der Waals surface area (Å²) in [6.07, 6.45) is 3.86. The monoisotopic (exact) mass is 353 g/mol. The summed E-state index contributed by atoms with van der Waals surface area (Å²) >= 11 is 5.72. The molecule has 7 nitrogen and oxygen atoms in total. The van der Waals surface area contributed by atoms with Crippen LogP contribution in [0.5, 0.6) is 0 Å². The van der Waals surface area contributed by atoms with Crippen molar-refractivity contribution < 1.29 is 12.8 Å². The Hall–Kier alpha value is -2.52. The highest BCUT2D eigenvalue weighted by Gasteiger charge is 2.21. The summed E-state index contributed by atoms with van der Waals surface area (Å²) in [7, 11) is -3.95. The number of nitrogens with zero attached hydrogens (tertiary/aromatic N) is 4. The summed E-state index contributed by atoms with van der Waals surface area (Å²) in [5, 5.41) is -0.164. The van der Waals surface area contributed by atoms with E-state index in [1.807, 2.05) is 0 Å². The third kappa shape index (κ3) is 3.30. The van der Waals surface area contributed by atoms with Crippen LogP contribution in [0.4, 0.5) is 10.1 Å². The van der Waals surface area contributed by atoms with Crippen molar-refractivity contribution in [3.63, 3.8) is 0 Å². The first-order valence-electron chi connectivity index (χ1n) is 6.25. The van der Waals surface area contributed by atoms with Gasteiger partial charge in [0.25, 0.3) is 10.0 Å². The second-order valence-corrected chi connectivity index (χ2v) is 6.37. The van der Waals surface area contributed by atoms with Crippen molar-refractivity contribution in [2.75, 3.05) is 4.72 Å². The molecule has 2 aromatic heterocycles. The van der Waals surface area contributed by atoms with Gasteiger partial charge in [0.2, 0.25) is 5.28 Å². The first-order chi connectivity index (χ1) is 11.0. The van der Waals surface area contributed by atoms with Crippen molar-refractivity contribution in [1.82, 2.24) is 19.5 Å². The highest BCUT2D eigenvalue weighted by atomic mass is 35.5. The topological polar surface area (TPSA) is 89.8 Å². The fourth-order valence-electron chi connectivity index (χ4n) is 1.84. The Morgan fingerprint density at radius 1 is 1.17 bits per heavy atom. The molecular formula is C13H9ClFN5O2S. The van der Waals surface area contributed by atoms with Crippen LogP contribution in [0, 0.1) is 5.82 Å². The number of halogens is 2. The van der Waals surface area contributed by atoms with Crippen LogP contribution in [0.3, 0.4) is 0 Å². The van der Waals surface area contributed by atoms with Crippen LogP contribution in [0.25, 0.3) is 5.82 Å². The second-order valence-electron chi connectivity index (χ2n) is 4.40. The maximum absolute atomic E-state index is 12.9. The third-order valence-corrected chi connectivity index (χ3v) is 4.37. The van der Waals surface area contributed by atoms with Gasteiger partial charge in [-0.25, -0.2) is 14.4 Å². The molecule has 1 N–H and O–H groups in total. The van der Waals surface area contributed by atoms with Crippen LogP contribution in [-0.4, -0.2) is 27.9 Å². The molecule has 0 aliphatic rings. The summed E-state index contributed by atoms with van der Waals surface area (Å²) < 4.78 is 41.5. The van der Waals surface area contributed by atoms with Crippen molar-refractivity contribution >= 4 is 27.3 Å². The predicted molar refractivity (Wildman–Crippen MR) is 81.4 cm³/mol. The van der Waals surface area contributed by atoms with E-state index in [0.29, 0.717) is 0 Å². The number of sulfonamides is 1. The lowest BCUT2D eigenvalue weighted by atomic mass is 10.3. The van der Waals surface area contributed by atoms with E-state index in [9.17, 15) is 12.8 Å². The van der Waals surface area contributed by atoms with Crippen LogP contribution in [0.1, 0.15) is 0 Å². The molecule has 0 saturated carbocycles. The molecule has 0 spiro atoms. The highest BCUT2D eigenvalue weighted by molar-refractivity contribution is 7.92. The molecule has 2 heterocycles. The van der Waals surface area contributed by atoms with Gasteiger partial charge >= 0.3 is 0 Å². The van der Waals surface area contributed by atoms with E-state index >= 15 is 0 Å². The van der Waals surface area contributed by atoms with Gasteiger partial charge in [-0.2, -0.15) is 13.4 Å². The molecular weight excluding hydrogens is 345 g/mol. The molecule has 0 atom stereocenters. The molecule has 0 amide bonds. The van der Waals surface area contributed by atoms with Gasteiger partial charge < -0.3 is 0 Å². The number of rotatable bonds is 4. The van der Waals surface area contributed by atoms with Crippen LogP contribution >= 0.6 is 11.6 Å². The summed E-state index contributed by atoms with van der Waals surface area (Å²) in [4.78, 5) is 11.5. The van der Waals surface area contributed by atoms with Crippen LogP contribution in [0.2, 0.25) is 5.28 Å². The number of aromatic nitrogens is 4. The number of benzene rings is 1. The molecule has 23 heavy (non-hydrogen) atoms. The lowest BCUT2D eigenvalue weighted by Gasteiger charge is -2.10. The molecule has 0 fully saturated rings. The lowest BCUT2D eigenvalue weighted by Crippen LogP contribution is -2.17. The fourth-order valence-corrected chi connectivity index (χ4v) is 3.13. The van der Waals surface area contributed by atoms with E-state index in [2.05, 4.69) is 19.7 Å². The average Bonchev–Trinajstić information content (AvgIpc) is 3.00. The first-order valence-corrected chi connectivity index (χ1v) is 8.11. The Morgan fingerprint density at radius 3 is 2.61 bits per heavy atom. The molecule has 0 radical (unpaired) electrons. The second kappa shape index (κ2) is 5.94. The molecule has 118 valence electrons. The Kier molecular flexibility index (Phi) is 3.97. The van der Waals surface area contributed by atoms with E-state index in [-0.39, 0.29) is 21.8 Å². The van der Waals surface area contributed by atoms with Crippen molar-refractivity contribution in [1.29, 1.82) is 0 Å². The molecule has 3 aromatic rings. The highest BCUT2D eigenvalue weighted by Crippen LogP contribution is 2.19. The number of imidazole rings is 1. The number of anilines is 1. The molecule has 0 aliphatic heterocycles. The zero-order valence-electron chi connectivity index (χ0n) is 11.4. The molecule has 3 rings (SSSR count). The van der Waals surface area contributed by atoms with Gasteiger partial charge in [-0.3, -0.25) is 9.29 Å². The van der Waals surface area contributed by atoms with Gasteiger partial charge in [0, 0.05) is 11.9 Å². The maximum Gasteiger partial charge on any atom is 0.279 e. The Labute approximate surface area is 135 Å². The van der Waals surface area contributed by atoms with Crippen molar-refractivity contribution in [2.45, 2.75) is 5.03 Å². The summed E-state index contributed by atoms with van der Waals surface area (Å²) in [5.74, 6) is -0.212. The van der Waals surface area contributed by atoms with Gasteiger partial charge in [-0.15, -0.1) is 0 Å². The predicted octanol–water partition coefficient (Wildman–Crippen LogP) is 2.26. The third-order valence-electron chi connectivity index (χ3n) is 2.83.